The molecule has 0 unspecified atom stereocenters. The molecule has 0 radical (unpaired) electrons. The number of ketones is 1. The minimum atomic E-state index is -3.70. The summed E-state index contributed by atoms with van der Waals surface area (Å²) in [5, 5.41) is -0.0550. The van der Waals surface area contributed by atoms with Gasteiger partial charge in [0.25, 0.3) is 0 Å². The van der Waals surface area contributed by atoms with E-state index in [0.29, 0.717) is 12.8 Å². The molecule has 1 heterocycles. The van der Waals surface area contributed by atoms with Gasteiger partial charge in [-0.3, -0.25) is 4.79 Å². The molecular formula is C16H18N2O3S. The molecule has 0 saturated heterocycles. The minimum Gasteiger partial charge on any atom is -0.325 e. The van der Waals surface area contributed by atoms with Crippen molar-refractivity contribution in [3.8, 4) is 0 Å². The molecular weight excluding hydrogens is 300 g/mol. The van der Waals surface area contributed by atoms with E-state index in [1.807, 2.05) is 31.2 Å². The van der Waals surface area contributed by atoms with E-state index >= 15 is 0 Å². The predicted molar refractivity (Wildman–Crippen MR) is 82.4 cm³/mol. The number of imidazole rings is 1. The fourth-order valence-electron chi connectivity index (χ4n) is 2.75. The van der Waals surface area contributed by atoms with Crippen LogP contribution in [0, 0.1) is 6.92 Å². The Morgan fingerprint density at radius 2 is 1.91 bits per heavy atom. The SMILES string of the molecule is Cc1ccc(C2(C(=O)CS(=O)(=O)c3nccn3C)CC2)cc1. The van der Waals surface area contributed by atoms with Gasteiger partial charge in [-0.05, 0) is 25.3 Å². The van der Waals surface area contributed by atoms with Crippen LogP contribution in [0.2, 0.25) is 0 Å². The lowest BCUT2D eigenvalue weighted by atomic mass is 9.91. The van der Waals surface area contributed by atoms with Gasteiger partial charge in [0.1, 0.15) is 5.75 Å². The molecule has 1 fully saturated rings. The lowest BCUT2D eigenvalue weighted by molar-refractivity contribution is -0.119. The number of hydrogen-bond donors (Lipinski definition) is 0. The molecule has 3 rings (SSSR count). The fourth-order valence-corrected chi connectivity index (χ4v) is 4.22. The molecule has 0 spiro atoms. The van der Waals surface area contributed by atoms with Gasteiger partial charge in [0, 0.05) is 19.4 Å². The molecule has 2 aromatic rings. The van der Waals surface area contributed by atoms with E-state index in [-0.39, 0.29) is 10.9 Å². The number of carbonyl (C=O) groups excluding carboxylic acids is 1. The Bertz CT molecular complexity index is 815. The highest BCUT2D eigenvalue weighted by atomic mass is 32.2. The summed E-state index contributed by atoms with van der Waals surface area (Å²) in [6.45, 7) is 1.98. The van der Waals surface area contributed by atoms with Crippen molar-refractivity contribution in [2.45, 2.75) is 30.3 Å². The molecule has 0 atom stereocenters. The molecule has 0 bridgehead atoms. The Morgan fingerprint density at radius 3 is 2.41 bits per heavy atom. The number of sulfone groups is 1. The van der Waals surface area contributed by atoms with Crippen LogP contribution in [0.25, 0.3) is 0 Å². The van der Waals surface area contributed by atoms with Gasteiger partial charge in [-0.15, -0.1) is 0 Å². The van der Waals surface area contributed by atoms with Crippen LogP contribution in [0.1, 0.15) is 24.0 Å². The third-order valence-electron chi connectivity index (χ3n) is 4.26. The van der Waals surface area contributed by atoms with Crippen LogP contribution in [0.5, 0.6) is 0 Å². The number of carbonyl (C=O) groups is 1. The first-order valence-electron chi connectivity index (χ1n) is 7.16. The van der Waals surface area contributed by atoms with Crippen LogP contribution >= 0.6 is 0 Å². The molecule has 0 aliphatic heterocycles. The van der Waals surface area contributed by atoms with Gasteiger partial charge in [-0.25, -0.2) is 13.4 Å². The van der Waals surface area contributed by atoms with Gasteiger partial charge in [0.15, 0.2) is 5.78 Å². The zero-order chi connectivity index (χ0) is 16.0. The molecule has 1 aliphatic rings. The van der Waals surface area contributed by atoms with Crippen LogP contribution in [0.4, 0.5) is 0 Å². The lowest BCUT2D eigenvalue weighted by Crippen LogP contribution is -2.29. The van der Waals surface area contributed by atoms with E-state index in [0.717, 1.165) is 11.1 Å². The topological polar surface area (TPSA) is 69.0 Å². The maximum absolute atomic E-state index is 12.6. The van der Waals surface area contributed by atoms with Gasteiger partial charge in [-0.1, -0.05) is 29.8 Å². The maximum atomic E-state index is 12.6. The quantitative estimate of drug-likeness (QED) is 0.843. The normalized spacial score (nSPS) is 16.5. The average molecular weight is 318 g/mol. The molecule has 1 aromatic carbocycles. The van der Waals surface area contributed by atoms with Gasteiger partial charge in [-0.2, -0.15) is 0 Å². The maximum Gasteiger partial charge on any atom is 0.227 e. The van der Waals surface area contributed by atoms with Crippen molar-refractivity contribution in [3.05, 3.63) is 47.8 Å². The molecule has 22 heavy (non-hydrogen) atoms. The van der Waals surface area contributed by atoms with Crippen molar-refractivity contribution in [2.24, 2.45) is 7.05 Å². The molecule has 0 amide bonds. The Labute approximate surface area is 129 Å². The Hall–Kier alpha value is -1.95. The van der Waals surface area contributed by atoms with Crippen molar-refractivity contribution in [2.75, 3.05) is 5.75 Å². The minimum absolute atomic E-state index is 0.0550. The second-order valence-electron chi connectivity index (χ2n) is 5.95. The zero-order valence-electron chi connectivity index (χ0n) is 12.6. The van der Waals surface area contributed by atoms with E-state index < -0.39 is 21.0 Å². The Balaban J connectivity index is 1.86. The highest BCUT2D eigenvalue weighted by molar-refractivity contribution is 7.92. The van der Waals surface area contributed by atoms with Gasteiger partial charge in [0.05, 0.1) is 5.41 Å². The summed E-state index contributed by atoms with van der Waals surface area (Å²) < 4.78 is 26.2. The summed E-state index contributed by atoms with van der Waals surface area (Å²) in [7, 11) is -2.10. The third-order valence-corrected chi connectivity index (χ3v) is 5.86. The van der Waals surface area contributed by atoms with E-state index in [9.17, 15) is 13.2 Å². The first-order valence-corrected chi connectivity index (χ1v) is 8.81. The van der Waals surface area contributed by atoms with Gasteiger partial charge in [0.2, 0.25) is 15.0 Å². The Morgan fingerprint density at radius 1 is 1.27 bits per heavy atom. The first kappa shape index (κ1) is 15.0. The van der Waals surface area contributed by atoms with Crippen LogP contribution in [0.3, 0.4) is 0 Å². The van der Waals surface area contributed by atoms with Gasteiger partial charge < -0.3 is 4.57 Å². The summed E-state index contributed by atoms with van der Waals surface area (Å²) >= 11 is 0. The number of benzene rings is 1. The van der Waals surface area contributed by atoms with Crippen LogP contribution in [0.15, 0.2) is 41.8 Å². The smallest absolute Gasteiger partial charge is 0.227 e. The molecule has 1 saturated carbocycles. The summed E-state index contributed by atoms with van der Waals surface area (Å²) in [6, 6.07) is 7.76. The first-order chi connectivity index (χ1) is 10.3. The number of aromatic nitrogens is 2. The molecule has 5 nitrogen and oxygen atoms in total. The predicted octanol–water partition coefficient (Wildman–Crippen LogP) is 1.80. The second-order valence-corrected chi connectivity index (χ2v) is 7.83. The van der Waals surface area contributed by atoms with Crippen molar-refractivity contribution in [1.82, 2.24) is 9.55 Å². The summed E-state index contributed by atoms with van der Waals surface area (Å²) in [5.74, 6) is -0.731. The lowest BCUT2D eigenvalue weighted by Gasteiger charge is -2.15. The largest absolute Gasteiger partial charge is 0.325 e. The van der Waals surface area contributed by atoms with E-state index in [1.165, 1.54) is 10.8 Å². The highest BCUT2D eigenvalue weighted by Crippen LogP contribution is 2.49. The summed E-state index contributed by atoms with van der Waals surface area (Å²) in [5.41, 5.74) is 1.41. The third kappa shape index (κ3) is 2.47. The monoisotopic (exact) mass is 318 g/mol. The number of Topliss-reactive ketones (excluding diaryl/α,β-unsaturated/α-hetero) is 1. The molecule has 1 aromatic heterocycles. The van der Waals surface area contributed by atoms with E-state index in [2.05, 4.69) is 4.98 Å². The highest BCUT2D eigenvalue weighted by Gasteiger charge is 2.51. The van der Waals surface area contributed by atoms with Gasteiger partial charge >= 0.3 is 0 Å². The molecule has 1 aliphatic carbocycles. The second kappa shape index (κ2) is 5.05. The molecule has 6 heteroatoms. The van der Waals surface area contributed by atoms with Crippen LogP contribution in [-0.2, 0) is 27.1 Å². The molecule has 0 N–H and O–H groups in total. The number of rotatable bonds is 5. The number of nitrogens with zero attached hydrogens (tertiary/aromatic N) is 2. The number of hydrogen-bond acceptors (Lipinski definition) is 4. The summed E-state index contributed by atoms with van der Waals surface area (Å²) in [4.78, 5) is 16.5. The van der Waals surface area contributed by atoms with Crippen molar-refractivity contribution in [1.29, 1.82) is 0 Å². The number of aryl methyl sites for hydroxylation is 2. The van der Waals surface area contributed by atoms with Crippen molar-refractivity contribution in [3.63, 3.8) is 0 Å². The zero-order valence-corrected chi connectivity index (χ0v) is 13.4. The average Bonchev–Trinajstić information content (AvgIpc) is 3.15. The molecule has 116 valence electrons. The fraction of sp³-hybridized carbons (Fsp3) is 0.375. The van der Waals surface area contributed by atoms with Crippen LogP contribution < -0.4 is 0 Å². The van der Waals surface area contributed by atoms with Crippen molar-refractivity contribution >= 4 is 15.6 Å². The van der Waals surface area contributed by atoms with E-state index in [1.54, 1.807) is 13.2 Å². The van der Waals surface area contributed by atoms with Crippen molar-refractivity contribution < 1.29 is 13.2 Å². The standard InChI is InChI=1S/C16H18N2O3S/c1-12-3-5-13(6-4-12)16(7-8-16)14(19)11-22(20,21)15-17-9-10-18(15)2/h3-6,9-10H,7-8,11H2,1-2H3. The Kier molecular flexibility index (Phi) is 3.44. The van der Waals surface area contributed by atoms with E-state index in [4.69, 9.17) is 0 Å². The summed E-state index contributed by atoms with van der Waals surface area (Å²) in [6.07, 6.45) is 4.41. The van der Waals surface area contributed by atoms with Crippen LogP contribution in [-0.4, -0.2) is 29.5 Å².